The van der Waals surface area contributed by atoms with Gasteiger partial charge in [-0.3, -0.25) is 4.79 Å². The van der Waals surface area contributed by atoms with Gasteiger partial charge in [0, 0.05) is 20.2 Å². The van der Waals surface area contributed by atoms with Gasteiger partial charge in [0.25, 0.3) is 5.91 Å². The van der Waals surface area contributed by atoms with Crippen molar-refractivity contribution < 1.29 is 9.90 Å². The Morgan fingerprint density at radius 3 is 2.78 bits per heavy atom. The molecule has 0 unspecified atom stereocenters. The summed E-state index contributed by atoms with van der Waals surface area (Å²) in [6, 6.07) is 1.60. The van der Waals surface area contributed by atoms with Crippen molar-refractivity contribution in [2.24, 2.45) is 5.73 Å². The van der Waals surface area contributed by atoms with Gasteiger partial charge < -0.3 is 21.5 Å². The summed E-state index contributed by atoms with van der Waals surface area (Å²) >= 11 is 0. The minimum atomic E-state index is -0.551. The fourth-order valence-corrected chi connectivity index (χ4v) is 1.63. The Balaban J connectivity index is 2.65. The van der Waals surface area contributed by atoms with E-state index in [1.54, 1.807) is 6.07 Å². The second kappa shape index (κ2) is 6.80. The third kappa shape index (κ3) is 3.89. The van der Waals surface area contributed by atoms with Gasteiger partial charge in [-0.15, -0.1) is 0 Å². The SMILES string of the molecule is CN(CCCCCO)c1cc(C(N)=O)c(N)cn1. The zero-order chi connectivity index (χ0) is 13.5. The Labute approximate surface area is 107 Å². The van der Waals surface area contributed by atoms with E-state index in [9.17, 15) is 4.79 Å². The van der Waals surface area contributed by atoms with Crippen molar-refractivity contribution in [3.05, 3.63) is 17.8 Å². The predicted molar refractivity (Wildman–Crippen MR) is 71.4 cm³/mol. The summed E-state index contributed by atoms with van der Waals surface area (Å²) in [5, 5.41) is 8.69. The Bertz CT molecular complexity index is 409. The molecule has 6 heteroatoms. The first-order valence-corrected chi connectivity index (χ1v) is 5.93. The third-order valence-electron chi connectivity index (χ3n) is 2.73. The van der Waals surface area contributed by atoms with Crippen molar-refractivity contribution in [1.29, 1.82) is 0 Å². The van der Waals surface area contributed by atoms with Gasteiger partial charge in [0.05, 0.1) is 17.4 Å². The van der Waals surface area contributed by atoms with Gasteiger partial charge in [0.1, 0.15) is 5.82 Å². The molecule has 0 saturated heterocycles. The van der Waals surface area contributed by atoms with Gasteiger partial charge in [-0.2, -0.15) is 0 Å². The molecule has 0 aliphatic heterocycles. The molecule has 1 amide bonds. The van der Waals surface area contributed by atoms with Crippen LogP contribution in [0.4, 0.5) is 11.5 Å². The van der Waals surface area contributed by atoms with Crippen molar-refractivity contribution in [2.75, 3.05) is 30.8 Å². The standard InChI is InChI=1S/C12H20N4O2/c1-16(5-3-2-4-6-17)11-7-9(12(14)18)10(13)8-15-11/h7-8,17H,2-6,13H2,1H3,(H2,14,18). The maximum Gasteiger partial charge on any atom is 0.250 e. The van der Waals surface area contributed by atoms with Gasteiger partial charge in [-0.05, 0) is 25.3 Å². The Kier molecular flexibility index (Phi) is 5.38. The first-order valence-electron chi connectivity index (χ1n) is 5.93. The number of pyridine rings is 1. The van der Waals surface area contributed by atoms with Crippen LogP contribution in [-0.2, 0) is 0 Å². The van der Waals surface area contributed by atoms with Crippen molar-refractivity contribution in [2.45, 2.75) is 19.3 Å². The summed E-state index contributed by atoms with van der Waals surface area (Å²) < 4.78 is 0. The number of hydrogen-bond donors (Lipinski definition) is 3. The number of aromatic nitrogens is 1. The van der Waals surface area contributed by atoms with Crippen molar-refractivity contribution in [3.8, 4) is 0 Å². The fourth-order valence-electron chi connectivity index (χ4n) is 1.63. The number of carbonyl (C=O) groups excluding carboxylic acids is 1. The third-order valence-corrected chi connectivity index (χ3v) is 2.73. The number of anilines is 2. The molecule has 0 radical (unpaired) electrons. The molecule has 6 nitrogen and oxygen atoms in total. The highest BCUT2D eigenvalue weighted by atomic mass is 16.2. The first kappa shape index (κ1) is 14.2. The van der Waals surface area contributed by atoms with Crippen LogP contribution in [0.1, 0.15) is 29.6 Å². The highest BCUT2D eigenvalue weighted by Gasteiger charge is 2.10. The molecule has 0 bridgehead atoms. The number of aliphatic hydroxyl groups is 1. The van der Waals surface area contributed by atoms with Crippen LogP contribution in [0.3, 0.4) is 0 Å². The summed E-state index contributed by atoms with van der Waals surface area (Å²) in [5.41, 5.74) is 11.4. The Hall–Kier alpha value is -1.82. The van der Waals surface area contributed by atoms with Crippen LogP contribution >= 0.6 is 0 Å². The number of nitrogens with zero attached hydrogens (tertiary/aromatic N) is 2. The number of nitrogens with two attached hydrogens (primary N) is 2. The molecule has 1 rings (SSSR count). The van der Waals surface area contributed by atoms with E-state index < -0.39 is 5.91 Å². The van der Waals surface area contributed by atoms with Crippen molar-refractivity contribution >= 4 is 17.4 Å². The fraction of sp³-hybridized carbons (Fsp3) is 0.500. The molecule has 0 saturated carbocycles. The zero-order valence-electron chi connectivity index (χ0n) is 10.6. The van der Waals surface area contributed by atoms with E-state index in [1.165, 1.54) is 6.20 Å². The number of primary amides is 1. The minimum absolute atomic E-state index is 0.218. The summed E-state index contributed by atoms with van der Waals surface area (Å²) in [4.78, 5) is 17.3. The van der Waals surface area contributed by atoms with Crippen LogP contribution in [0.25, 0.3) is 0 Å². The van der Waals surface area contributed by atoms with Crippen LogP contribution in [-0.4, -0.2) is 36.2 Å². The minimum Gasteiger partial charge on any atom is -0.397 e. The summed E-state index contributed by atoms with van der Waals surface area (Å²) in [6.07, 6.45) is 4.16. The van der Waals surface area contributed by atoms with E-state index in [-0.39, 0.29) is 6.61 Å². The van der Waals surface area contributed by atoms with Gasteiger partial charge in [-0.25, -0.2) is 4.98 Å². The van der Waals surface area contributed by atoms with Crippen LogP contribution in [0.15, 0.2) is 12.3 Å². The molecule has 100 valence electrons. The molecule has 5 N–H and O–H groups in total. The molecular formula is C12H20N4O2. The van der Waals surface area contributed by atoms with Gasteiger partial charge in [0.15, 0.2) is 0 Å². The Morgan fingerprint density at radius 2 is 2.17 bits per heavy atom. The molecule has 1 aromatic rings. The number of unbranched alkanes of at least 4 members (excludes halogenated alkanes) is 2. The normalized spacial score (nSPS) is 10.3. The molecule has 0 fully saturated rings. The molecule has 0 aromatic carbocycles. The lowest BCUT2D eigenvalue weighted by molar-refractivity contribution is 0.100. The lowest BCUT2D eigenvalue weighted by Crippen LogP contribution is -2.21. The molecule has 1 aromatic heterocycles. The van der Waals surface area contributed by atoms with E-state index in [0.717, 1.165) is 25.8 Å². The lowest BCUT2D eigenvalue weighted by atomic mass is 10.2. The highest BCUT2D eigenvalue weighted by Crippen LogP contribution is 2.17. The average Bonchev–Trinajstić information content (AvgIpc) is 2.34. The molecule has 1 heterocycles. The van der Waals surface area contributed by atoms with E-state index in [1.807, 2.05) is 11.9 Å². The van der Waals surface area contributed by atoms with Gasteiger partial charge in [-0.1, -0.05) is 0 Å². The van der Waals surface area contributed by atoms with Gasteiger partial charge >= 0.3 is 0 Å². The van der Waals surface area contributed by atoms with Crippen LogP contribution in [0, 0.1) is 0 Å². The van der Waals surface area contributed by atoms with Crippen molar-refractivity contribution in [3.63, 3.8) is 0 Å². The highest BCUT2D eigenvalue weighted by molar-refractivity contribution is 5.98. The average molecular weight is 252 g/mol. The monoisotopic (exact) mass is 252 g/mol. The smallest absolute Gasteiger partial charge is 0.250 e. The topological polar surface area (TPSA) is 105 Å². The Morgan fingerprint density at radius 1 is 1.44 bits per heavy atom. The maximum atomic E-state index is 11.2. The number of amides is 1. The lowest BCUT2D eigenvalue weighted by Gasteiger charge is -2.18. The van der Waals surface area contributed by atoms with E-state index in [0.29, 0.717) is 17.1 Å². The van der Waals surface area contributed by atoms with Crippen LogP contribution < -0.4 is 16.4 Å². The largest absolute Gasteiger partial charge is 0.397 e. The number of aliphatic hydroxyl groups excluding tert-OH is 1. The first-order chi connectivity index (χ1) is 8.56. The molecule has 0 aliphatic rings. The number of carbonyl (C=O) groups is 1. The quantitative estimate of drug-likeness (QED) is 0.608. The molecular weight excluding hydrogens is 232 g/mol. The second-order valence-electron chi connectivity index (χ2n) is 4.20. The summed E-state index contributed by atoms with van der Waals surface area (Å²) in [5.74, 6) is 0.117. The second-order valence-corrected chi connectivity index (χ2v) is 4.20. The van der Waals surface area contributed by atoms with Crippen molar-refractivity contribution in [1.82, 2.24) is 4.98 Å². The molecule has 0 aliphatic carbocycles. The molecule has 18 heavy (non-hydrogen) atoms. The van der Waals surface area contributed by atoms with E-state index in [2.05, 4.69) is 4.98 Å². The van der Waals surface area contributed by atoms with E-state index >= 15 is 0 Å². The molecule has 0 atom stereocenters. The predicted octanol–water partition coefficient (Wildman–Crippen LogP) is 0.361. The van der Waals surface area contributed by atoms with E-state index in [4.69, 9.17) is 16.6 Å². The van der Waals surface area contributed by atoms with Crippen LogP contribution in [0.2, 0.25) is 0 Å². The maximum absolute atomic E-state index is 11.2. The van der Waals surface area contributed by atoms with Crippen LogP contribution in [0.5, 0.6) is 0 Å². The molecule has 0 spiro atoms. The van der Waals surface area contributed by atoms with Gasteiger partial charge in [0.2, 0.25) is 0 Å². The zero-order valence-corrected chi connectivity index (χ0v) is 10.6. The number of rotatable bonds is 7. The number of nitrogen functional groups attached to an aromatic ring is 1. The summed E-state index contributed by atoms with van der Waals surface area (Å²) in [6.45, 7) is 1.02. The summed E-state index contributed by atoms with van der Waals surface area (Å²) in [7, 11) is 1.89. The number of hydrogen-bond acceptors (Lipinski definition) is 5.